The van der Waals surface area contributed by atoms with Crippen molar-refractivity contribution in [1.29, 1.82) is 0 Å². The highest BCUT2D eigenvalue weighted by Crippen LogP contribution is 2.25. The molecule has 2 amide bonds. The number of carboxylic acid groups (broad SMARTS) is 1. The molecule has 2 atom stereocenters. The second-order valence-electron chi connectivity index (χ2n) is 9.61. The monoisotopic (exact) mass is 503 g/mol. The lowest BCUT2D eigenvalue weighted by Gasteiger charge is -2.41. The quantitative estimate of drug-likeness (QED) is 0.447. The van der Waals surface area contributed by atoms with Gasteiger partial charge in [0.2, 0.25) is 0 Å². The smallest absolute Gasteiger partial charge is 0.407 e. The molecular weight excluding hydrogens is 466 g/mol. The summed E-state index contributed by atoms with van der Waals surface area (Å²) < 4.78 is 12.5. The van der Waals surface area contributed by atoms with Crippen LogP contribution in [0.15, 0.2) is 24.3 Å². The maximum atomic E-state index is 14.0. The van der Waals surface area contributed by atoms with E-state index < -0.39 is 12.1 Å². The zero-order chi connectivity index (χ0) is 26.2. The minimum Gasteiger partial charge on any atom is -0.465 e. The summed E-state index contributed by atoms with van der Waals surface area (Å²) in [6.45, 7) is 7.49. The van der Waals surface area contributed by atoms with Crippen molar-refractivity contribution in [3.8, 4) is 5.69 Å². The predicted molar refractivity (Wildman–Crippen MR) is 132 cm³/mol. The van der Waals surface area contributed by atoms with E-state index in [0.717, 1.165) is 11.3 Å². The third-order valence-electron chi connectivity index (χ3n) is 6.29. The molecule has 2 N–H and O–H groups in total. The fourth-order valence-corrected chi connectivity index (χ4v) is 4.52. The predicted octanol–water partition coefficient (Wildman–Crippen LogP) is 2.20. The van der Waals surface area contributed by atoms with E-state index in [1.807, 2.05) is 45.0 Å². The number of carbonyl (C=O) groups excluding carboxylic acids is 1. The molecule has 0 spiro atoms. The van der Waals surface area contributed by atoms with Crippen molar-refractivity contribution in [3.63, 3.8) is 0 Å². The van der Waals surface area contributed by atoms with Crippen LogP contribution in [-0.4, -0.2) is 99.6 Å². The van der Waals surface area contributed by atoms with Crippen LogP contribution in [-0.2, 0) is 16.1 Å². The second kappa shape index (κ2) is 12.8. The Morgan fingerprint density at radius 1 is 1.22 bits per heavy atom. The molecule has 0 aliphatic carbocycles. The van der Waals surface area contributed by atoms with Crippen LogP contribution < -0.4 is 0 Å². The number of aliphatic hydroxyl groups is 1. The zero-order valence-corrected chi connectivity index (χ0v) is 21.5. The first-order valence-electron chi connectivity index (χ1n) is 12.2. The molecule has 1 fully saturated rings. The Morgan fingerprint density at radius 3 is 2.61 bits per heavy atom. The van der Waals surface area contributed by atoms with Gasteiger partial charge in [-0.3, -0.25) is 4.79 Å². The van der Waals surface area contributed by atoms with Gasteiger partial charge in [0.15, 0.2) is 5.69 Å². The summed E-state index contributed by atoms with van der Waals surface area (Å²) in [5.74, 6) is -0.445. The number of likely N-dealkylation sites (tertiary alicyclic amines) is 1. The van der Waals surface area contributed by atoms with Crippen LogP contribution in [0, 0.1) is 18.8 Å². The summed E-state index contributed by atoms with van der Waals surface area (Å²) in [5, 5.41) is 28.0. The van der Waals surface area contributed by atoms with E-state index in [9.17, 15) is 19.8 Å². The van der Waals surface area contributed by atoms with Crippen molar-refractivity contribution in [2.75, 3.05) is 46.6 Å². The maximum absolute atomic E-state index is 14.0. The molecule has 2 heterocycles. The van der Waals surface area contributed by atoms with Gasteiger partial charge in [0.05, 0.1) is 31.5 Å². The first-order chi connectivity index (χ1) is 17.3. The fraction of sp³-hybridized carbons (Fsp3) is 0.600. The van der Waals surface area contributed by atoms with Crippen molar-refractivity contribution in [3.05, 3.63) is 41.2 Å². The van der Waals surface area contributed by atoms with Gasteiger partial charge in [0.25, 0.3) is 5.91 Å². The average molecular weight is 504 g/mol. The van der Waals surface area contributed by atoms with Gasteiger partial charge in [0, 0.05) is 39.3 Å². The van der Waals surface area contributed by atoms with E-state index in [4.69, 9.17) is 9.47 Å². The normalized spacial score (nSPS) is 18.0. The Bertz CT molecular complexity index is 1030. The summed E-state index contributed by atoms with van der Waals surface area (Å²) >= 11 is 0. The van der Waals surface area contributed by atoms with Gasteiger partial charge in [-0.15, -0.1) is 5.10 Å². The standard InChI is InChI=1S/C25H37N5O6/c1-17(2)12-29(20-11-19(15-31)13-28(14-20)25(33)34)24(32)23-22(16-36-10-9-35-4)30(27-26-23)21-8-6-5-7-18(21)3/h5-8,17,19-20,31H,9-16H2,1-4H3,(H,33,34)/t19-,20+/m1/s1. The van der Waals surface area contributed by atoms with Crippen LogP contribution in [0.5, 0.6) is 0 Å². The number of hydrogen-bond acceptors (Lipinski definition) is 7. The van der Waals surface area contributed by atoms with E-state index in [2.05, 4.69) is 10.3 Å². The molecular formula is C25H37N5O6. The first-order valence-corrected chi connectivity index (χ1v) is 12.2. The Morgan fingerprint density at radius 2 is 1.97 bits per heavy atom. The van der Waals surface area contributed by atoms with Crippen molar-refractivity contribution >= 4 is 12.0 Å². The summed E-state index contributed by atoms with van der Waals surface area (Å²) in [7, 11) is 1.59. The van der Waals surface area contributed by atoms with E-state index in [1.54, 1.807) is 16.7 Å². The number of hydrogen-bond donors (Lipinski definition) is 2. The first kappa shape index (κ1) is 27.6. The number of nitrogens with zero attached hydrogens (tertiary/aromatic N) is 5. The molecule has 1 saturated heterocycles. The molecule has 0 bridgehead atoms. The SMILES string of the molecule is COCCOCc1c(C(=O)N(CC(C)C)[C@H]2C[C@@H](CO)CN(C(=O)O)C2)nnn1-c1ccccc1C. The highest BCUT2D eigenvalue weighted by atomic mass is 16.5. The molecule has 0 saturated carbocycles. The number of aryl methyl sites for hydroxylation is 1. The van der Waals surface area contributed by atoms with Crippen molar-refractivity contribution in [2.24, 2.45) is 11.8 Å². The lowest BCUT2D eigenvalue weighted by atomic mass is 9.93. The number of piperidine rings is 1. The van der Waals surface area contributed by atoms with Gasteiger partial charge in [-0.05, 0) is 30.9 Å². The number of benzene rings is 1. The second-order valence-corrected chi connectivity index (χ2v) is 9.61. The molecule has 36 heavy (non-hydrogen) atoms. The van der Waals surface area contributed by atoms with E-state index in [1.165, 1.54) is 4.90 Å². The van der Waals surface area contributed by atoms with E-state index in [0.29, 0.717) is 31.9 Å². The number of para-hydroxylation sites is 1. The number of methoxy groups -OCH3 is 1. The maximum Gasteiger partial charge on any atom is 0.407 e. The largest absolute Gasteiger partial charge is 0.465 e. The van der Waals surface area contributed by atoms with Gasteiger partial charge in [-0.2, -0.15) is 0 Å². The van der Waals surface area contributed by atoms with Crippen LogP contribution in [0.2, 0.25) is 0 Å². The molecule has 198 valence electrons. The van der Waals surface area contributed by atoms with Gasteiger partial charge in [-0.1, -0.05) is 37.3 Å². The highest BCUT2D eigenvalue weighted by Gasteiger charge is 2.37. The molecule has 2 aromatic rings. The third-order valence-corrected chi connectivity index (χ3v) is 6.29. The van der Waals surface area contributed by atoms with Crippen LogP contribution in [0.3, 0.4) is 0 Å². The number of aliphatic hydroxyl groups excluding tert-OH is 1. The van der Waals surface area contributed by atoms with Crippen LogP contribution in [0.1, 0.15) is 42.0 Å². The average Bonchev–Trinajstić information content (AvgIpc) is 3.28. The molecule has 1 aliphatic rings. The Labute approximate surface area is 211 Å². The van der Waals surface area contributed by atoms with Crippen LogP contribution in [0.25, 0.3) is 5.69 Å². The Hall–Kier alpha value is -3.02. The Balaban J connectivity index is 1.99. The molecule has 3 rings (SSSR count). The molecule has 11 nitrogen and oxygen atoms in total. The van der Waals surface area contributed by atoms with Crippen molar-refractivity contribution in [2.45, 2.75) is 39.8 Å². The topological polar surface area (TPSA) is 130 Å². The number of aromatic nitrogens is 3. The fourth-order valence-electron chi connectivity index (χ4n) is 4.52. The van der Waals surface area contributed by atoms with Crippen molar-refractivity contribution in [1.82, 2.24) is 24.8 Å². The number of ether oxygens (including phenoxy) is 2. The lowest BCUT2D eigenvalue weighted by molar-refractivity contribution is 0.0310. The molecule has 1 aromatic heterocycles. The summed E-state index contributed by atoms with van der Waals surface area (Å²) in [6, 6.07) is 7.28. The molecule has 0 unspecified atom stereocenters. The summed E-state index contributed by atoms with van der Waals surface area (Å²) in [5.41, 5.74) is 2.45. The van der Waals surface area contributed by atoms with E-state index in [-0.39, 0.29) is 49.7 Å². The lowest BCUT2D eigenvalue weighted by Crippen LogP contribution is -2.55. The van der Waals surface area contributed by atoms with Crippen LogP contribution >= 0.6 is 0 Å². The summed E-state index contributed by atoms with van der Waals surface area (Å²) in [6.07, 6.45) is -0.558. The van der Waals surface area contributed by atoms with Gasteiger partial charge >= 0.3 is 6.09 Å². The van der Waals surface area contributed by atoms with Crippen LogP contribution in [0.4, 0.5) is 4.79 Å². The number of carbonyl (C=O) groups is 2. The summed E-state index contributed by atoms with van der Waals surface area (Å²) in [4.78, 5) is 28.7. The molecule has 11 heteroatoms. The number of rotatable bonds is 11. The van der Waals surface area contributed by atoms with Crippen molar-refractivity contribution < 1.29 is 29.3 Å². The molecule has 0 radical (unpaired) electrons. The zero-order valence-electron chi connectivity index (χ0n) is 21.5. The number of amides is 2. The third kappa shape index (κ3) is 6.59. The van der Waals surface area contributed by atoms with Gasteiger partial charge in [0.1, 0.15) is 5.69 Å². The Kier molecular flexibility index (Phi) is 9.80. The molecule has 1 aromatic carbocycles. The minimum absolute atomic E-state index is 0.104. The van der Waals surface area contributed by atoms with E-state index >= 15 is 0 Å². The van der Waals surface area contributed by atoms with Gasteiger partial charge in [-0.25, -0.2) is 9.48 Å². The molecule has 1 aliphatic heterocycles. The minimum atomic E-state index is -1.06. The highest BCUT2D eigenvalue weighted by molar-refractivity contribution is 5.93. The van der Waals surface area contributed by atoms with Gasteiger partial charge < -0.3 is 29.5 Å².